The molecule has 12 heavy (non-hydrogen) atoms. The number of nitrogens with two attached hydrogens (primary N) is 1. The molecule has 0 bridgehead atoms. The quantitative estimate of drug-likeness (QED) is 0.611. The van der Waals surface area contributed by atoms with Gasteiger partial charge in [-0.15, -0.1) is 0 Å². The summed E-state index contributed by atoms with van der Waals surface area (Å²) < 4.78 is 10.7. The van der Waals surface area contributed by atoms with E-state index in [9.17, 15) is 0 Å². The molecule has 1 fully saturated rings. The van der Waals surface area contributed by atoms with Crippen LogP contribution in [0.25, 0.3) is 0 Å². The summed E-state index contributed by atoms with van der Waals surface area (Å²) in [6.45, 7) is 7.61. The van der Waals surface area contributed by atoms with E-state index in [4.69, 9.17) is 15.2 Å². The molecule has 1 saturated heterocycles. The van der Waals surface area contributed by atoms with Crippen LogP contribution in [-0.2, 0) is 9.47 Å². The van der Waals surface area contributed by atoms with E-state index < -0.39 is 5.85 Å². The first-order chi connectivity index (χ1) is 5.73. The largest absolute Gasteiger partial charge is 0.374 e. The Labute approximate surface area is 73.6 Å². The van der Waals surface area contributed by atoms with Gasteiger partial charge >= 0.3 is 0 Å². The van der Waals surface area contributed by atoms with Gasteiger partial charge in [0.2, 0.25) is 0 Å². The number of hydrogen-bond acceptors (Lipinski definition) is 4. The van der Waals surface area contributed by atoms with Crippen molar-refractivity contribution in [2.75, 3.05) is 32.9 Å². The van der Waals surface area contributed by atoms with Gasteiger partial charge in [0.05, 0.1) is 6.61 Å². The number of hydrogen-bond donors (Lipinski definition) is 1. The lowest BCUT2D eigenvalue weighted by Gasteiger charge is -2.42. The van der Waals surface area contributed by atoms with Crippen LogP contribution < -0.4 is 5.73 Å². The zero-order valence-corrected chi connectivity index (χ0v) is 7.88. The maximum absolute atomic E-state index is 6.00. The summed E-state index contributed by atoms with van der Waals surface area (Å²) >= 11 is 0. The van der Waals surface area contributed by atoms with Crippen molar-refractivity contribution < 1.29 is 9.47 Å². The molecule has 1 atom stereocenters. The molecule has 1 aliphatic heterocycles. The van der Waals surface area contributed by atoms with Crippen LogP contribution in [0, 0.1) is 0 Å². The van der Waals surface area contributed by atoms with Crippen molar-refractivity contribution >= 4 is 0 Å². The van der Waals surface area contributed by atoms with Gasteiger partial charge in [-0.3, -0.25) is 10.6 Å². The fourth-order valence-electron chi connectivity index (χ4n) is 1.48. The smallest absolute Gasteiger partial charge is 0.198 e. The van der Waals surface area contributed by atoms with Crippen molar-refractivity contribution in [1.82, 2.24) is 4.90 Å². The molecule has 0 aromatic heterocycles. The molecule has 0 amide bonds. The molecule has 1 unspecified atom stereocenters. The molecule has 0 aliphatic carbocycles. The lowest BCUT2D eigenvalue weighted by atomic mass is 10.3. The third-order valence-electron chi connectivity index (χ3n) is 2.13. The van der Waals surface area contributed by atoms with Crippen molar-refractivity contribution in [1.29, 1.82) is 0 Å². The van der Waals surface area contributed by atoms with Crippen LogP contribution in [0.2, 0.25) is 0 Å². The van der Waals surface area contributed by atoms with Crippen molar-refractivity contribution in [3.63, 3.8) is 0 Å². The molecule has 0 aromatic carbocycles. The van der Waals surface area contributed by atoms with Crippen molar-refractivity contribution in [2.24, 2.45) is 5.73 Å². The molecule has 4 heteroatoms. The van der Waals surface area contributed by atoms with Gasteiger partial charge in [0.15, 0.2) is 5.85 Å². The molecule has 0 saturated carbocycles. The Morgan fingerprint density at radius 2 is 2.33 bits per heavy atom. The minimum Gasteiger partial charge on any atom is -0.374 e. The zero-order chi connectivity index (χ0) is 9.03. The minimum atomic E-state index is -0.693. The van der Waals surface area contributed by atoms with E-state index in [1.54, 1.807) is 0 Å². The maximum atomic E-state index is 6.00. The second-order valence-electron chi connectivity index (χ2n) is 2.91. The molecule has 72 valence electrons. The second-order valence-corrected chi connectivity index (χ2v) is 2.91. The first-order valence-electron chi connectivity index (χ1n) is 4.48. The summed E-state index contributed by atoms with van der Waals surface area (Å²) in [5.41, 5.74) is 6.00. The second kappa shape index (κ2) is 4.18. The molecule has 1 heterocycles. The van der Waals surface area contributed by atoms with Gasteiger partial charge in [-0.05, 0) is 13.5 Å². The Hall–Kier alpha value is -0.160. The molecule has 2 N–H and O–H groups in total. The van der Waals surface area contributed by atoms with Crippen LogP contribution >= 0.6 is 0 Å². The van der Waals surface area contributed by atoms with Crippen molar-refractivity contribution in [3.05, 3.63) is 0 Å². The van der Waals surface area contributed by atoms with Gasteiger partial charge in [-0.1, -0.05) is 6.92 Å². The Balaban J connectivity index is 2.55. The molecule has 1 aliphatic rings. The summed E-state index contributed by atoms with van der Waals surface area (Å²) in [6, 6.07) is 0. The fraction of sp³-hybridized carbons (Fsp3) is 1.00. The van der Waals surface area contributed by atoms with Gasteiger partial charge in [0.25, 0.3) is 0 Å². The van der Waals surface area contributed by atoms with Gasteiger partial charge in [-0.25, -0.2) is 0 Å². The highest BCUT2D eigenvalue weighted by molar-refractivity contribution is 4.77. The number of nitrogens with zero attached hydrogens (tertiary/aromatic N) is 1. The van der Waals surface area contributed by atoms with Crippen molar-refractivity contribution in [2.45, 2.75) is 19.7 Å². The van der Waals surface area contributed by atoms with E-state index in [1.807, 2.05) is 6.92 Å². The van der Waals surface area contributed by atoms with E-state index >= 15 is 0 Å². The molecular weight excluding hydrogens is 156 g/mol. The van der Waals surface area contributed by atoms with Crippen LogP contribution in [-0.4, -0.2) is 43.7 Å². The van der Waals surface area contributed by atoms with E-state index in [2.05, 4.69) is 11.8 Å². The molecular formula is C8H18N2O2. The average molecular weight is 174 g/mol. The standard InChI is InChI=1S/C8H18N2O2/c1-3-10-5-6-11-7-8(10,9)12-4-2/h3-7,9H2,1-2H3. The fourth-order valence-corrected chi connectivity index (χ4v) is 1.48. The molecule has 0 radical (unpaired) electrons. The Morgan fingerprint density at radius 1 is 1.58 bits per heavy atom. The van der Waals surface area contributed by atoms with Crippen LogP contribution in [0.5, 0.6) is 0 Å². The normalized spacial score (nSPS) is 32.2. The summed E-state index contributed by atoms with van der Waals surface area (Å²) in [5.74, 6) is -0.693. The van der Waals surface area contributed by atoms with Gasteiger partial charge in [-0.2, -0.15) is 0 Å². The van der Waals surface area contributed by atoms with E-state index in [0.29, 0.717) is 13.2 Å². The highest BCUT2D eigenvalue weighted by atomic mass is 16.6. The SMILES string of the molecule is CCOC1(N)COCCN1CC. The average Bonchev–Trinajstić information content (AvgIpc) is 2.05. The van der Waals surface area contributed by atoms with Gasteiger partial charge < -0.3 is 9.47 Å². The Kier molecular flexibility index (Phi) is 3.46. The minimum absolute atomic E-state index is 0.467. The lowest BCUT2D eigenvalue weighted by Crippen LogP contribution is -2.64. The van der Waals surface area contributed by atoms with Crippen LogP contribution in [0.4, 0.5) is 0 Å². The summed E-state index contributed by atoms with van der Waals surface area (Å²) in [4.78, 5) is 2.10. The molecule has 4 nitrogen and oxygen atoms in total. The number of ether oxygens (including phenoxy) is 2. The highest BCUT2D eigenvalue weighted by Crippen LogP contribution is 2.15. The Morgan fingerprint density at radius 3 is 2.92 bits per heavy atom. The first kappa shape index (κ1) is 9.92. The van der Waals surface area contributed by atoms with Crippen LogP contribution in [0.15, 0.2) is 0 Å². The number of likely N-dealkylation sites (N-methyl/N-ethyl adjacent to an activating group) is 1. The number of rotatable bonds is 3. The molecule has 0 aromatic rings. The van der Waals surface area contributed by atoms with Crippen molar-refractivity contribution in [3.8, 4) is 0 Å². The zero-order valence-electron chi connectivity index (χ0n) is 7.88. The molecule has 1 rings (SSSR count). The van der Waals surface area contributed by atoms with Crippen LogP contribution in [0.1, 0.15) is 13.8 Å². The monoisotopic (exact) mass is 174 g/mol. The summed E-state index contributed by atoms with van der Waals surface area (Å²) in [7, 11) is 0. The Bertz CT molecular complexity index is 139. The topological polar surface area (TPSA) is 47.7 Å². The third-order valence-corrected chi connectivity index (χ3v) is 2.13. The first-order valence-corrected chi connectivity index (χ1v) is 4.48. The molecule has 0 spiro atoms. The number of morpholine rings is 1. The van der Waals surface area contributed by atoms with Crippen LogP contribution in [0.3, 0.4) is 0 Å². The van der Waals surface area contributed by atoms with E-state index in [1.165, 1.54) is 0 Å². The van der Waals surface area contributed by atoms with Gasteiger partial charge in [0, 0.05) is 13.2 Å². The highest BCUT2D eigenvalue weighted by Gasteiger charge is 2.35. The lowest BCUT2D eigenvalue weighted by molar-refractivity contribution is -0.213. The maximum Gasteiger partial charge on any atom is 0.198 e. The predicted octanol–water partition coefficient (Wildman–Crippen LogP) is -0.0125. The summed E-state index contributed by atoms with van der Waals surface area (Å²) in [6.07, 6.45) is 0. The predicted molar refractivity (Wildman–Crippen MR) is 46.6 cm³/mol. The van der Waals surface area contributed by atoms with E-state index in [0.717, 1.165) is 19.7 Å². The van der Waals surface area contributed by atoms with E-state index in [-0.39, 0.29) is 0 Å². The van der Waals surface area contributed by atoms with Gasteiger partial charge in [0.1, 0.15) is 6.61 Å². The third kappa shape index (κ3) is 1.95. The summed E-state index contributed by atoms with van der Waals surface area (Å²) in [5, 5.41) is 0.